The number of benzene rings is 1. The smallest absolute Gasteiger partial charge is 0.354 e. The monoisotopic (exact) mass is 283 g/mol. The van der Waals surface area contributed by atoms with Crippen LogP contribution in [0, 0.1) is 0 Å². The van der Waals surface area contributed by atoms with Gasteiger partial charge in [-0.1, -0.05) is 30.3 Å². The zero-order valence-corrected chi connectivity index (χ0v) is 12.0. The summed E-state index contributed by atoms with van der Waals surface area (Å²) >= 11 is 0. The number of carbonyl (C=O) groups is 1. The van der Waals surface area contributed by atoms with E-state index in [4.69, 9.17) is 4.74 Å². The highest BCUT2D eigenvalue weighted by Gasteiger charge is 2.17. The Morgan fingerprint density at radius 1 is 1.38 bits per heavy atom. The summed E-state index contributed by atoms with van der Waals surface area (Å²) in [6.07, 6.45) is 1.73. The van der Waals surface area contributed by atoms with Crippen LogP contribution in [-0.4, -0.2) is 27.3 Å². The van der Waals surface area contributed by atoms with Crippen LogP contribution in [-0.2, 0) is 4.74 Å². The molecule has 1 N–H and O–H groups in total. The van der Waals surface area contributed by atoms with Crippen molar-refractivity contribution in [3.63, 3.8) is 0 Å². The molecule has 0 radical (unpaired) electrons. The number of aromatic amines is 1. The van der Waals surface area contributed by atoms with Crippen molar-refractivity contribution in [1.82, 2.24) is 14.8 Å². The van der Waals surface area contributed by atoms with Crippen LogP contribution in [0.15, 0.2) is 42.6 Å². The number of rotatable bonds is 4. The summed E-state index contributed by atoms with van der Waals surface area (Å²) < 4.78 is 6.92. The van der Waals surface area contributed by atoms with Gasteiger partial charge < -0.3 is 9.72 Å². The highest BCUT2D eigenvalue weighted by molar-refractivity contribution is 5.93. The third-order valence-corrected chi connectivity index (χ3v) is 3.53. The Balaban J connectivity index is 1.98. The predicted molar refractivity (Wildman–Crippen MR) is 80.3 cm³/mol. The zero-order chi connectivity index (χ0) is 14.8. The molecule has 108 valence electrons. The van der Waals surface area contributed by atoms with E-state index in [1.54, 1.807) is 19.2 Å². The summed E-state index contributed by atoms with van der Waals surface area (Å²) in [5.41, 5.74) is 3.36. The number of ether oxygens (including phenoxy) is 1. The van der Waals surface area contributed by atoms with Crippen LogP contribution >= 0.6 is 0 Å². The van der Waals surface area contributed by atoms with Gasteiger partial charge in [-0.3, -0.25) is 4.68 Å². The first-order valence-corrected chi connectivity index (χ1v) is 6.99. The fraction of sp³-hybridized carbons (Fsp3) is 0.250. The van der Waals surface area contributed by atoms with Crippen molar-refractivity contribution in [1.29, 1.82) is 0 Å². The minimum atomic E-state index is -0.340. The maximum Gasteiger partial charge on any atom is 0.354 e. The Morgan fingerprint density at radius 2 is 2.14 bits per heavy atom. The van der Waals surface area contributed by atoms with Gasteiger partial charge in [-0.2, -0.15) is 5.10 Å². The minimum absolute atomic E-state index is 0.0922. The number of nitrogens with zero attached hydrogens (tertiary/aromatic N) is 2. The first-order chi connectivity index (χ1) is 10.2. The molecule has 3 rings (SSSR count). The molecule has 3 aromatic rings. The largest absolute Gasteiger partial charge is 0.461 e. The van der Waals surface area contributed by atoms with Gasteiger partial charge >= 0.3 is 5.97 Å². The van der Waals surface area contributed by atoms with E-state index >= 15 is 0 Å². The molecule has 0 bridgehead atoms. The molecule has 0 aliphatic carbocycles. The maximum absolute atomic E-state index is 11.8. The Hall–Kier alpha value is -2.56. The molecule has 0 saturated heterocycles. The molecule has 0 aliphatic rings. The molecule has 21 heavy (non-hydrogen) atoms. The summed E-state index contributed by atoms with van der Waals surface area (Å²) in [6.45, 7) is 4.24. The van der Waals surface area contributed by atoms with Gasteiger partial charge in [0.25, 0.3) is 0 Å². The van der Waals surface area contributed by atoms with Crippen LogP contribution in [0.5, 0.6) is 0 Å². The molecule has 0 saturated carbocycles. The first kappa shape index (κ1) is 13.4. The quantitative estimate of drug-likeness (QED) is 0.748. The highest BCUT2D eigenvalue weighted by atomic mass is 16.5. The number of fused-ring (bicyclic) bond motifs is 1. The molecule has 5 nitrogen and oxygen atoms in total. The van der Waals surface area contributed by atoms with Crippen LogP contribution in [0.25, 0.3) is 11.0 Å². The van der Waals surface area contributed by atoms with E-state index < -0.39 is 0 Å². The number of hydrogen-bond acceptors (Lipinski definition) is 3. The van der Waals surface area contributed by atoms with E-state index in [-0.39, 0.29) is 12.0 Å². The van der Waals surface area contributed by atoms with Crippen LogP contribution < -0.4 is 0 Å². The summed E-state index contributed by atoms with van der Waals surface area (Å²) in [5.74, 6) is -0.340. The number of H-pyrrole nitrogens is 1. The molecule has 2 aromatic heterocycles. The van der Waals surface area contributed by atoms with E-state index in [9.17, 15) is 4.79 Å². The van der Waals surface area contributed by atoms with Gasteiger partial charge in [-0.15, -0.1) is 0 Å². The average Bonchev–Trinajstić information content (AvgIpc) is 3.08. The molecule has 0 aliphatic heterocycles. The van der Waals surface area contributed by atoms with Crippen molar-refractivity contribution in [2.24, 2.45) is 0 Å². The van der Waals surface area contributed by atoms with Crippen LogP contribution in [0.3, 0.4) is 0 Å². The van der Waals surface area contributed by atoms with Gasteiger partial charge in [0, 0.05) is 0 Å². The lowest BCUT2D eigenvalue weighted by Gasteiger charge is -2.13. The molecule has 1 aromatic carbocycles. The summed E-state index contributed by atoms with van der Waals surface area (Å²) in [6, 6.07) is 12.0. The lowest BCUT2D eigenvalue weighted by molar-refractivity contribution is 0.0520. The number of esters is 1. The Bertz CT molecular complexity index is 758. The molecule has 1 unspecified atom stereocenters. The van der Waals surface area contributed by atoms with Crippen LogP contribution in [0.2, 0.25) is 0 Å². The van der Waals surface area contributed by atoms with Gasteiger partial charge in [0.1, 0.15) is 5.69 Å². The number of carbonyl (C=O) groups excluding carboxylic acids is 1. The molecule has 5 heteroatoms. The van der Waals surface area contributed by atoms with Crippen molar-refractivity contribution >= 4 is 17.0 Å². The number of hydrogen-bond donors (Lipinski definition) is 1. The van der Waals surface area contributed by atoms with E-state index in [2.05, 4.69) is 29.1 Å². The maximum atomic E-state index is 11.8. The Morgan fingerprint density at radius 3 is 2.86 bits per heavy atom. The van der Waals surface area contributed by atoms with Gasteiger partial charge in [-0.25, -0.2) is 4.79 Å². The minimum Gasteiger partial charge on any atom is -0.461 e. The molecule has 0 amide bonds. The van der Waals surface area contributed by atoms with E-state index in [1.807, 2.05) is 22.9 Å². The second-order valence-corrected chi connectivity index (χ2v) is 4.88. The molecular weight excluding hydrogens is 266 g/mol. The standard InChI is InChI=1S/C16H17N3O2/c1-3-21-16(20)13-9-15-14(18-13)10-17-19(15)11(2)12-7-5-4-6-8-12/h4-11,18H,3H2,1-2H3. The third-order valence-electron chi connectivity index (χ3n) is 3.53. The second kappa shape index (κ2) is 5.44. The van der Waals surface area contributed by atoms with Crippen molar-refractivity contribution < 1.29 is 9.53 Å². The first-order valence-electron chi connectivity index (χ1n) is 6.99. The fourth-order valence-electron chi connectivity index (χ4n) is 2.43. The average molecular weight is 283 g/mol. The SMILES string of the molecule is CCOC(=O)c1cc2c(cnn2C(C)c2ccccc2)[nH]1. The fourth-order valence-corrected chi connectivity index (χ4v) is 2.43. The second-order valence-electron chi connectivity index (χ2n) is 4.88. The molecular formula is C16H17N3O2. The Labute approximate surface area is 122 Å². The van der Waals surface area contributed by atoms with Gasteiger partial charge in [-0.05, 0) is 25.5 Å². The van der Waals surface area contributed by atoms with Crippen LogP contribution in [0.4, 0.5) is 0 Å². The molecule has 0 spiro atoms. The molecule has 1 atom stereocenters. The van der Waals surface area contributed by atoms with Gasteiger partial charge in [0.05, 0.1) is 29.9 Å². The highest BCUT2D eigenvalue weighted by Crippen LogP contribution is 2.23. The summed E-state index contributed by atoms with van der Waals surface area (Å²) in [7, 11) is 0. The lowest BCUT2D eigenvalue weighted by atomic mass is 10.1. The van der Waals surface area contributed by atoms with Crippen molar-refractivity contribution in [2.75, 3.05) is 6.61 Å². The van der Waals surface area contributed by atoms with Gasteiger partial charge in [0.15, 0.2) is 0 Å². The summed E-state index contributed by atoms with van der Waals surface area (Å²) in [4.78, 5) is 14.8. The topological polar surface area (TPSA) is 59.9 Å². The summed E-state index contributed by atoms with van der Waals surface area (Å²) in [5, 5.41) is 4.41. The lowest BCUT2D eigenvalue weighted by Crippen LogP contribution is -2.08. The van der Waals surface area contributed by atoms with Gasteiger partial charge in [0.2, 0.25) is 0 Å². The van der Waals surface area contributed by atoms with Crippen molar-refractivity contribution in [3.8, 4) is 0 Å². The van der Waals surface area contributed by atoms with Crippen LogP contribution in [0.1, 0.15) is 35.9 Å². The van der Waals surface area contributed by atoms with E-state index in [0.717, 1.165) is 11.0 Å². The number of aromatic nitrogens is 3. The van der Waals surface area contributed by atoms with E-state index in [0.29, 0.717) is 12.3 Å². The van der Waals surface area contributed by atoms with Crippen molar-refractivity contribution in [2.45, 2.75) is 19.9 Å². The molecule has 0 fully saturated rings. The zero-order valence-electron chi connectivity index (χ0n) is 12.0. The third kappa shape index (κ3) is 2.42. The predicted octanol–water partition coefficient (Wildman–Crippen LogP) is 3.15. The normalized spacial score (nSPS) is 12.5. The number of nitrogens with one attached hydrogen (secondary N) is 1. The van der Waals surface area contributed by atoms with E-state index in [1.165, 1.54) is 5.56 Å². The van der Waals surface area contributed by atoms with Crippen molar-refractivity contribution in [3.05, 3.63) is 53.9 Å². The molecule has 2 heterocycles. The Kier molecular flexibility index (Phi) is 3.48.